The Morgan fingerprint density at radius 1 is 1.19 bits per heavy atom. The van der Waals surface area contributed by atoms with Crippen molar-refractivity contribution in [3.63, 3.8) is 0 Å². The van der Waals surface area contributed by atoms with Crippen LogP contribution >= 0.6 is 11.3 Å². The highest BCUT2D eigenvalue weighted by Crippen LogP contribution is 2.44. The molecular weight excluding hydrogens is 436 g/mol. The Morgan fingerprint density at radius 3 is 2.50 bits per heavy atom. The number of aliphatic hydroxyl groups excluding tert-OH is 1. The zero-order chi connectivity index (χ0) is 23.0. The number of nitrogens with zero attached hydrogens (tertiary/aromatic N) is 2. The van der Waals surface area contributed by atoms with E-state index in [0.717, 1.165) is 16.2 Å². The van der Waals surface area contributed by atoms with Crippen LogP contribution < -0.4 is 9.64 Å². The lowest BCUT2D eigenvalue weighted by atomic mass is 9.99. The monoisotopic (exact) mass is 454 g/mol. The molecule has 9 nitrogen and oxygen atoms in total. The van der Waals surface area contributed by atoms with Gasteiger partial charge >= 0.3 is 11.9 Å². The Morgan fingerprint density at radius 2 is 1.91 bits per heavy atom. The number of ketones is 1. The Labute approximate surface area is 186 Å². The van der Waals surface area contributed by atoms with Gasteiger partial charge in [0.1, 0.15) is 28.2 Å². The topological polar surface area (TPSA) is 119 Å². The van der Waals surface area contributed by atoms with Crippen LogP contribution in [0.25, 0.3) is 5.76 Å². The summed E-state index contributed by atoms with van der Waals surface area (Å²) in [6.45, 7) is 1.60. The van der Waals surface area contributed by atoms with Crippen molar-refractivity contribution in [3.8, 4) is 5.75 Å². The number of methoxy groups -OCH3 is 2. The quantitative estimate of drug-likeness (QED) is 0.269. The summed E-state index contributed by atoms with van der Waals surface area (Å²) in [5, 5.41) is 11.1. The lowest BCUT2D eigenvalue weighted by Crippen LogP contribution is -2.29. The highest BCUT2D eigenvalue weighted by Gasteiger charge is 2.49. The van der Waals surface area contributed by atoms with Gasteiger partial charge in [-0.15, -0.1) is 0 Å². The number of aromatic nitrogens is 1. The third-order valence-corrected chi connectivity index (χ3v) is 6.12. The number of carbonyl (C=O) groups is 3. The van der Waals surface area contributed by atoms with E-state index in [-0.39, 0.29) is 27.1 Å². The largest absolute Gasteiger partial charge is 0.507 e. The number of Topliss-reactive ketones (excluding diaryl/α,β-unsaturated/α-hetero) is 1. The van der Waals surface area contributed by atoms with Crippen molar-refractivity contribution < 1.29 is 33.4 Å². The van der Waals surface area contributed by atoms with Gasteiger partial charge in [0, 0.05) is 5.56 Å². The fourth-order valence-electron chi connectivity index (χ4n) is 3.42. The molecule has 0 aliphatic carbocycles. The van der Waals surface area contributed by atoms with E-state index in [0.29, 0.717) is 17.0 Å². The molecule has 3 heterocycles. The van der Waals surface area contributed by atoms with E-state index in [1.807, 2.05) is 0 Å². The molecule has 10 heteroatoms. The van der Waals surface area contributed by atoms with Crippen molar-refractivity contribution in [1.29, 1.82) is 0 Å². The number of carbonyl (C=O) groups excluding carboxylic acids is 3. The van der Waals surface area contributed by atoms with Gasteiger partial charge in [0.15, 0.2) is 5.13 Å². The van der Waals surface area contributed by atoms with Gasteiger partial charge in [0.25, 0.3) is 5.78 Å². The van der Waals surface area contributed by atoms with Gasteiger partial charge in [0.2, 0.25) is 0 Å². The molecule has 32 heavy (non-hydrogen) atoms. The number of amides is 1. The second-order valence-corrected chi connectivity index (χ2v) is 7.79. The zero-order valence-electron chi connectivity index (χ0n) is 17.3. The summed E-state index contributed by atoms with van der Waals surface area (Å²) < 4.78 is 15.4. The number of rotatable bonds is 5. The van der Waals surface area contributed by atoms with Crippen LogP contribution in [0, 0.1) is 6.92 Å². The highest BCUT2D eigenvalue weighted by atomic mass is 32.1. The van der Waals surface area contributed by atoms with E-state index in [2.05, 4.69) is 4.98 Å². The number of hydrogen-bond acceptors (Lipinski definition) is 9. The molecule has 1 aromatic carbocycles. The number of hydrogen-bond donors (Lipinski definition) is 1. The van der Waals surface area contributed by atoms with Gasteiger partial charge in [-0.3, -0.25) is 14.5 Å². The third-order valence-electron chi connectivity index (χ3n) is 4.98. The smallest absolute Gasteiger partial charge is 0.350 e. The van der Waals surface area contributed by atoms with Gasteiger partial charge in [-0.05, 0) is 43.3 Å². The molecule has 0 radical (unpaired) electrons. The summed E-state index contributed by atoms with van der Waals surface area (Å²) in [5.41, 5.74) is 0.528. The minimum absolute atomic E-state index is 0.111. The normalized spacial score (nSPS) is 17.6. The molecule has 0 bridgehead atoms. The van der Waals surface area contributed by atoms with Crippen molar-refractivity contribution in [1.82, 2.24) is 4.98 Å². The van der Waals surface area contributed by atoms with Gasteiger partial charge in [-0.1, -0.05) is 11.3 Å². The predicted molar refractivity (Wildman–Crippen MR) is 115 cm³/mol. The maximum atomic E-state index is 13.0. The molecule has 1 aliphatic heterocycles. The van der Waals surface area contributed by atoms with E-state index < -0.39 is 23.7 Å². The maximum Gasteiger partial charge on any atom is 0.350 e. The van der Waals surface area contributed by atoms with Crippen molar-refractivity contribution in [2.45, 2.75) is 13.0 Å². The Bertz CT molecular complexity index is 1230. The molecular formula is C22H18N2O7S. The first kappa shape index (κ1) is 21.3. The van der Waals surface area contributed by atoms with Crippen molar-refractivity contribution in [3.05, 3.63) is 70.1 Å². The maximum absolute atomic E-state index is 13.0. The number of aryl methyl sites for hydroxylation is 1. The Kier molecular flexibility index (Phi) is 5.54. The average Bonchev–Trinajstić information content (AvgIpc) is 3.52. The summed E-state index contributed by atoms with van der Waals surface area (Å²) in [4.78, 5) is 43.7. The molecule has 1 fully saturated rings. The van der Waals surface area contributed by atoms with Crippen molar-refractivity contribution >= 4 is 39.9 Å². The summed E-state index contributed by atoms with van der Waals surface area (Å²) in [7, 11) is 2.75. The number of benzene rings is 1. The molecule has 1 saturated heterocycles. The van der Waals surface area contributed by atoms with Gasteiger partial charge in [-0.25, -0.2) is 9.78 Å². The Balaban J connectivity index is 1.88. The van der Waals surface area contributed by atoms with E-state index in [1.165, 1.54) is 20.5 Å². The molecule has 0 unspecified atom stereocenters. The summed E-state index contributed by atoms with van der Waals surface area (Å²) in [6.07, 6.45) is 1.40. The van der Waals surface area contributed by atoms with E-state index in [4.69, 9.17) is 13.9 Å². The first-order valence-corrected chi connectivity index (χ1v) is 10.2. The van der Waals surface area contributed by atoms with Gasteiger partial charge < -0.3 is 19.0 Å². The molecule has 1 aliphatic rings. The molecule has 1 N–H and O–H groups in total. The molecule has 1 atom stereocenters. The van der Waals surface area contributed by atoms with Crippen LogP contribution in [0.3, 0.4) is 0 Å². The number of aliphatic hydroxyl groups is 1. The molecule has 2 aromatic heterocycles. The minimum Gasteiger partial charge on any atom is -0.507 e. The van der Waals surface area contributed by atoms with Crippen LogP contribution in [-0.2, 0) is 14.3 Å². The first-order valence-electron chi connectivity index (χ1n) is 9.42. The van der Waals surface area contributed by atoms with Gasteiger partial charge in [-0.2, -0.15) is 0 Å². The lowest BCUT2D eigenvalue weighted by molar-refractivity contribution is -0.132. The average molecular weight is 454 g/mol. The zero-order valence-corrected chi connectivity index (χ0v) is 18.1. The van der Waals surface area contributed by atoms with Crippen LogP contribution in [0.4, 0.5) is 5.13 Å². The lowest BCUT2D eigenvalue weighted by Gasteiger charge is -2.20. The molecule has 0 saturated carbocycles. The molecule has 4 rings (SSSR count). The van der Waals surface area contributed by atoms with Crippen LogP contribution in [0.5, 0.6) is 5.75 Å². The third kappa shape index (κ3) is 3.44. The number of thiazole rings is 1. The molecule has 164 valence electrons. The minimum atomic E-state index is -1.07. The van der Waals surface area contributed by atoms with Crippen LogP contribution in [0.15, 0.2) is 52.7 Å². The number of furan rings is 1. The fraction of sp³-hybridized carbons (Fsp3) is 0.182. The first-order chi connectivity index (χ1) is 15.4. The van der Waals surface area contributed by atoms with E-state index >= 15 is 0 Å². The summed E-state index contributed by atoms with van der Waals surface area (Å²) in [5.74, 6) is -1.93. The van der Waals surface area contributed by atoms with Gasteiger partial charge in [0.05, 0.1) is 31.7 Å². The predicted octanol–water partition coefficient (Wildman–Crippen LogP) is 3.47. The standard InChI is InChI=1S/C22H18N2O7S/c1-11-19(21(28)30-3)32-22(23-11)24-16(14-5-4-10-31-14)15(18(26)20(24)27)17(25)12-6-8-13(29-2)9-7-12/h4-10,16,25H,1-3H3/b17-15+/t16-/m0/s1. The van der Waals surface area contributed by atoms with E-state index in [1.54, 1.807) is 43.3 Å². The molecule has 3 aromatic rings. The van der Waals surface area contributed by atoms with Crippen molar-refractivity contribution in [2.75, 3.05) is 19.1 Å². The fourth-order valence-corrected chi connectivity index (χ4v) is 4.43. The van der Waals surface area contributed by atoms with Crippen LogP contribution in [0.2, 0.25) is 0 Å². The summed E-state index contributed by atoms with van der Waals surface area (Å²) in [6, 6.07) is 8.53. The SMILES string of the molecule is COC(=O)c1sc(N2C(=O)C(=O)/C(=C(/O)c3ccc(OC)cc3)[C@@H]2c2ccco2)nc1C. The Hall–Kier alpha value is -3.92. The number of ether oxygens (including phenoxy) is 2. The molecule has 1 amide bonds. The second-order valence-electron chi connectivity index (χ2n) is 6.82. The van der Waals surface area contributed by atoms with Crippen LogP contribution in [0.1, 0.15) is 32.7 Å². The molecule has 0 spiro atoms. The van der Waals surface area contributed by atoms with Crippen LogP contribution in [-0.4, -0.2) is 42.0 Å². The highest BCUT2D eigenvalue weighted by molar-refractivity contribution is 7.17. The van der Waals surface area contributed by atoms with E-state index in [9.17, 15) is 19.5 Å². The number of anilines is 1. The second kappa shape index (κ2) is 8.31. The number of esters is 1. The summed E-state index contributed by atoms with van der Waals surface area (Å²) >= 11 is 0.916. The van der Waals surface area contributed by atoms with Crippen molar-refractivity contribution in [2.24, 2.45) is 0 Å².